The van der Waals surface area contributed by atoms with Crippen molar-refractivity contribution in [3.8, 4) is 0 Å². The molecule has 2 aliphatic rings. The Balaban J connectivity index is 2.01. The summed E-state index contributed by atoms with van der Waals surface area (Å²) in [6.07, 6.45) is 1.53. The molecule has 3 atom stereocenters. The number of carbonyl (C=O) groups is 4. The molecule has 6 nitrogen and oxygen atoms in total. The van der Waals surface area contributed by atoms with E-state index < -0.39 is 35.7 Å². The first kappa shape index (κ1) is 15.4. The summed E-state index contributed by atoms with van der Waals surface area (Å²) >= 11 is 0. The summed E-state index contributed by atoms with van der Waals surface area (Å²) in [7, 11) is 1.29. The highest BCUT2D eigenvalue weighted by Crippen LogP contribution is 2.37. The van der Waals surface area contributed by atoms with Crippen LogP contribution in [-0.4, -0.2) is 31.3 Å². The van der Waals surface area contributed by atoms with Crippen LogP contribution in [0.3, 0.4) is 0 Å². The molecule has 1 aliphatic heterocycles. The van der Waals surface area contributed by atoms with Crippen molar-refractivity contribution < 1.29 is 28.7 Å². The van der Waals surface area contributed by atoms with Crippen molar-refractivity contribution >= 4 is 24.2 Å². The molecule has 1 heterocycles. The van der Waals surface area contributed by atoms with Gasteiger partial charge in [-0.2, -0.15) is 0 Å². The quantitative estimate of drug-likeness (QED) is 0.469. The minimum absolute atomic E-state index is 0.00921. The van der Waals surface area contributed by atoms with Crippen LogP contribution in [0, 0.1) is 11.8 Å². The fourth-order valence-electron chi connectivity index (χ4n) is 3.45. The molecule has 1 aliphatic carbocycles. The summed E-state index contributed by atoms with van der Waals surface area (Å²) in [5, 5.41) is 0. The molecule has 0 N–H and O–H groups in total. The highest BCUT2D eigenvalue weighted by molar-refractivity contribution is 5.98. The molecule has 120 valence electrons. The highest BCUT2D eigenvalue weighted by Gasteiger charge is 2.40. The number of carbonyl (C=O) groups excluding carboxylic acids is 4. The Hall–Kier alpha value is -2.50. The van der Waals surface area contributed by atoms with Gasteiger partial charge in [0.1, 0.15) is 6.29 Å². The first-order valence-corrected chi connectivity index (χ1v) is 7.43. The van der Waals surface area contributed by atoms with Gasteiger partial charge >= 0.3 is 17.9 Å². The van der Waals surface area contributed by atoms with Crippen LogP contribution in [0.5, 0.6) is 0 Å². The van der Waals surface area contributed by atoms with E-state index in [1.807, 2.05) is 6.07 Å². The van der Waals surface area contributed by atoms with E-state index in [9.17, 15) is 19.2 Å². The zero-order chi connectivity index (χ0) is 16.6. The number of rotatable bonds is 3. The monoisotopic (exact) mass is 316 g/mol. The van der Waals surface area contributed by atoms with E-state index in [4.69, 9.17) is 4.74 Å². The molecule has 1 aromatic carbocycles. The third-order valence-corrected chi connectivity index (χ3v) is 4.63. The van der Waals surface area contributed by atoms with Crippen LogP contribution in [-0.2, 0) is 41.5 Å². The fraction of sp³-hybridized carbons (Fsp3) is 0.412. The number of hydrogen-bond donors (Lipinski definition) is 0. The second kappa shape index (κ2) is 5.95. The molecule has 23 heavy (non-hydrogen) atoms. The van der Waals surface area contributed by atoms with Gasteiger partial charge < -0.3 is 14.3 Å². The minimum Gasteiger partial charge on any atom is -0.469 e. The van der Waals surface area contributed by atoms with Crippen molar-refractivity contribution in [3.63, 3.8) is 0 Å². The number of methoxy groups -OCH3 is 1. The van der Waals surface area contributed by atoms with Crippen LogP contribution in [0.4, 0.5) is 0 Å². The van der Waals surface area contributed by atoms with Gasteiger partial charge in [-0.25, -0.2) is 0 Å². The molecule has 0 spiro atoms. The van der Waals surface area contributed by atoms with Gasteiger partial charge in [-0.15, -0.1) is 0 Å². The van der Waals surface area contributed by atoms with Gasteiger partial charge in [0.25, 0.3) is 0 Å². The van der Waals surface area contributed by atoms with Gasteiger partial charge in [0.2, 0.25) is 0 Å². The maximum Gasteiger partial charge on any atom is 0.321 e. The molecule has 1 aromatic rings. The van der Waals surface area contributed by atoms with Crippen LogP contribution < -0.4 is 0 Å². The van der Waals surface area contributed by atoms with E-state index in [-0.39, 0.29) is 6.42 Å². The predicted molar refractivity (Wildman–Crippen MR) is 77.4 cm³/mol. The van der Waals surface area contributed by atoms with E-state index in [0.717, 1.165) is 17.4 Å². The third-order valence-electron chi connectivity index (χ3n) is 4.63. The molecule has 3 unspecified atom stereocenters. The number of fused-ring (bicyclic) bond motifs is 1. The molecular weight excluding hydrogens is 300 g/mol. The van der Waals surface area contributed by atoms with E-state index in [1.54, 1.807) is 12.1 Å². The maximum absolute atomic E-state index is 12.0. The lowest BCUT2D eigenvalue weighted by Gasteiger charge is -2.30. The molecule has 3 rings (SSSR count). The highest BCUT2D eigenvalue weighted by atomic mass is 16.6. The topological polar surface area (TPSA) is 86.7 Å². The third kappa shape index (κ3) is 2.65. The van der Waals surface area contributed by atoms with Crippen molar-refractivity contribution in [2.45, 2.75) is 25.2 Å². The van der Waals surface area contributed by atoms with Crippen LogP contribution in [0.1, 0.15) is 29.0 Å². The lowest BCUT2D eigenvalue weighted by Crippen LogP contribution is -2.34. The Labute approximate surface area is 132 Å². The van der Waals surface area contributed by atoms with Crippen LogP contribution in [0.25, 0.3) is 0 Å². The summed E-state index contributed by atoms with van der Waals surface area (Å²) in [5.74, 6) is -3.18. The van der Waals surface area contributed by atoms with Crippen molar-refractivity contribution in [1.29, 1.82) is 0 Å². The SMILES string of the molecule is COC(=O)C1Cc2c(cccc2C2CC(=O)OC2=O)CC1C=O. The summed E-state index contributed by atoms with van der Waals surface area (Å²) in [5.41, 5.74) is 2.47. The fourth-order valence-corrected chi connectivity index (χ4v) is 3.45. The Bertz CT molecular complexity index is 692. The van der Waals surface area contributed by atoms with Crippen LogP contribution in [0.15, 0.2) is 18.2 Å². The molecule has 1 fully saturated rings. The van der Waals surface area contributed by atoms with Crippen molar-refractivity contribution in [2.75, 3.05) is 7.11 Å². The zero-order valence-corrected chi connectivity index (χ0v) is 12.6. The lowest BCUT2D eigenvalue weighted by molar-refractivity contribution is -0.152. The first-order valence-electron chi connectivity index (χ1n) is 7.43. The van der Waals surface area contributed by atoms with Crippen molar-refractivity contribution in [3.05, 3.63) is 34.9 Å². The van der Waals surface area contributed by atoms with Gasteiger partial charge in [-0.3, -0.25) is 14.4 Å². The van der Waals surface area contributed by atoms with Crippen LogP contribution >= 0.6 is 0 Å². The molecule has 0 amide bonds. The van der Waals surface area contributed by atoms with Crippen LogP contribution in [0.2, 0.25) is 0 Å². The van der Waals surface area contributed by atoms with Gasteiger partial charge in [0.05, 0.1) is 25.4 Å². The van der Waals surface area contributed by atoms with E-state index >= 15 is 0 Å². The minimum atomic E-state index is -0.636. The van der Waals surface area contributed by atoms with Gasteiger partial charge in [-0.1, -0.05) is 18.2 Å². The molecular formula is C17H16O6. The summed E-state index contributed by atoms with van der Waals surface area (Å²) in [4.78, 5) is 46.5. The number of hydrogen-bond acceptors (Lipinski definition) is 6. The number of benzene rings is 1. The maximum atomic E-state index is 12.0. The molecule has 0 radical (unpaired) electrons. The number of cyclic esters (lactones) is 2. The zero-order valence-electron chi connectivity index (χ0n) is 12.6. The van der Waals surface area contributed by atoms with Gasteiger partial charge in [-0.05, 0) is 29.5 Å². The Morgan fingerprint density at radius 3 is 2.65 bits per heavy atom. The number of aldehydes is 1. The van der Waals surface area contributed by atoms with Crippen molar-refractivity contribution in [2.24, 2.45) is 11.8 Å². The number of ether oxygens (including phenoxy) is 2. The smallest absolute Gasteiger partial charge is 0.321 e. The molecule has 1 saturated heterocycles. The van der Waals surface area contributed by atoms with Gasteiger partial charge in [0, 0.05) is 5.92 Å². The second-order valence-electron chi connectivity index (χ2n) is 5.87. The molecule has 0 saturated carbocycles. The largest absolute Gasteiger partial charge is 0.469 e. The average Bonchev–Trinajstić information content (AvgIpc) is 2.90. The molecule has 0 bridgehead atoms. The normalized spacial score (nSPS) is 26.4. The van der Waals surface area contributed by atoms with E-state index in [2.05, 4.69) is 4.74 Å². The van der Waals surface area contributed by atoms with Crippen molar-refractivity contribution in [1.82, 2.24) is 0 Å². The summed E-state index contributed by atoms with van der Waals surface area (Å²) in [6.45, 7) is 0. The standard InChI is InChI=1S/C17H16O6/c1-22-16(20)13-6-12-9(5-10(13)8-18)3-2-4-11(12)14-7-15(19)23-17(14)21/h2-4,8,10,13-14H,5-7H2,1H3. The molecule has 6 heteroatoms. The molecule has 0 aromatic heterocycles. The number of esters is 3. The summed E-state index contributed by atoms with van der Waals surface area (Å²) < 4.78 is 9.43. The first-order chi connectivity index (χ1) is 11.0. The van der Waals surface area contributed by atoms with Gasteiger partial charge in [0.15, 0.2) is 0 Å². The van der Waals surface area contributed by atoms with E-state index in [1.165, 1.54) is 7.11 Å². The Morgan fingerprint density at radius 2 is 2.04 bits per heavy atom. The predicted octanol–water partition coefficient (Wildman–Crippen LogP) is 0.947. The second-order valence-corrected chi connectivity index (χ2v) is 5.87. The Kier molecular flexibility index (Phi) is 3.98. The lowest BCUT2D eigenvalue weighted by atomic mass is 9.73. The summed E-state index contributed by atoms with van der Waals surface area (Å²) in [6, 6.07) is 5.45. The average molecular weight is 316 g/mol. The Morgan fingerprint density at radius 1 is 1.26 bits per heavy atom. The van der Waals surface area contributed by atoms with E-state index in [0.29, 0.717) is 18.4 Å².